The number of ketones is 1. The zero-order valence-corrected chi connectivity index (χ0v) is 22.6. The number of anilines is 1. The highest BCUT2D eigenvalue weighted by Crippen LogP contribution is 2.48. The second-order valence-corrected chi connectivity index (χ2v) is 11.5. The first-order valence-electron chi connectivity index (χ1n) is 12.1. The molecule has 1 amide bonds. The van der Waals surface area contributed by atoms with Gasteiger partial charge in [0.25, 0.3) is 0 Å². The number of nitriles is 1. The maximum atomic E-state index is 13.3. The number of amides is 1. The zero-order valence-electron chi connectivity index (χ0n) is 21.0. The van der Waals surface area contributed by atoms with Gasteiger partial charge in [-0.1, -0.05) is 74.5 Å². The van der Waals surface area contributed by atoms with Crippen LogP contribution in [0.2, 0.25) is 5.02 Å². The van der Waals surface area contributed by atoms with Gasteiger partial charge in [0.05, 0.1) is 28.3 Å². The van der Waals surface area contributed by atoms with Gasteiger partial charge in [-0.15, -0.1) is 0 Å². The van der Waals surface area contributed by atoms with Gasteiger partial charge in [-0.3, -0.25) is 9.59 Å². The fraction of sp³-hybridized carbons (Fsp3) is 0.345. The van der Waals surface area contributed by atoms with Gasteiger partial charge in [0.2, 0.25) is 5.91 Å². The summed E-state index contributed by atoms with van der Waals surface area (Å²) in [5.74, 6) is -0.438. The van der Waals surface area contributed by atoms with Gasteiger partial charge in [0.1, 0.15) is 0 Å². The lowest BCUT2D eigenvalue weighted by Gasteiger charge is -2.39. The number of halogens is 1. The van der Waals surface area contributed by atoms with E-state index in [-0.39, 0.29) is 22.9 Å². The summed E-state index contributed by atoms with van der Waals surface area (Å²) in [5.41, 5.74) is 5.54. The number of carbonyl (C=O) groups is 2. The summed E-state index contributed by atoms with van der Waals surface area (Å²) in [7, 11) is 0. The summed E-state index contributed by atoms with van der Waals surface area (Å²) in [6, 6.07) is 15.6. The van der Waals surface area contributed by atoms with E-state index in [9.17, 15) is 14.9 Å². The van der Waals surface area contributed by atoms with Crippen molar-refractivity contribution in [1.29, 1.82) is 5.26 Å². The number of para-hydroxylation sites is 1. The first-order chi connectivity index (χ1) is 17.1. The first-order valence-corrected chi connectivity index (χ1v) is 13.4. The van der Waals surface area contributed by atoms with Crippen LogP contribution in [0.5, 0.6) is 0 Å². The molecule has 186 valence electrons. The van der Waals surface area contributed by atoms with Crippen molar-refractivity contribution in [3.63, 3.8) is 0 Å². The van der Waals surface area contributed by atoms with Gasteiger partial charge in [-0.05, 0) is 54.0 Å². The van der Waals surface area contributed by atoms with Gasteiger partial charge in [-0.2, -0.15) is 5.26 Å². The quantitative estimate of drug-likeness (QED) is 0.446. The van der Waals surface area contributed by atoms with Crippen LogP contribution in [-0.4, -0.2) is 17.4 Å². The van der Waals surface area contributed by atoms with Crippen LogP contribution in [0, 0.1) is 23.7 Å². The van der Waals surface area contributed by atoms with E-state index in [0.29, 0.717) is 34.0 Å². The number of benzene rings is 2. The SMILES string of the molecule is CCc1cccc(C)c1NC(=O)CSC1=C(C#N)C(c2ccc(Cl)cc2)C2=C(CC(C)(C)CC2=O)N1. The summed E-state index contributed by atoms with van der Waals surface area (Å²) in [6.45, 7) is 8.19. The summed E-state index contributed by atoms with van der Waals surface area (Å²) in [6.07, 6.45) is 1.94. The molecule has 0 fully saturated rings. The van der Waals surface area contributed by atoms with Gasteiger partial charge < -0.3 is 10.6 Å². The lowest BCUT2D eigenvalue weighted by Crippen LogP contribution is -2.37. The molecule has 1 unspecified atom stereocenters. The molecule has 36 heavy (non-hydrogen) atoms. The number of allylic oxidation sites excluding steroid dienone is 3. The second-order valence-electron chi connectivity index (χ2n) is 10.1. The Morgan fingerprint density at radius 1 is 1.22 bits per heavy atom. The molecule has 0 aromatic heterocycles. The van der Waals surface area contributed by atoms with Crippen molar-refractivity contribution in [3.05, 3.63) is 86.0 Å². The van der Waals surface area contributed by atoms with E-state index in [4.69, 9.17) is 11.6 Å². The van der Waals surface area contributed by atoms with E-state index in [2.05, 4.69) is 37.5 Å². The van der Waals surface area contributed by atoms with Crippen LogP contribution in [0.15, 0.2) is 64.3 Å². The monoisotopic (exact) mass is 519 g/mol. The molecule has 2 aliphatic rings. The number of aryl methyl sites for hydroxylation is 2. The van der Waals surface area contributed by atoms with Gasteiger partial charge >= 0.3 is 0 Å². The Kier molecular flexibility index (Phi) is 7.63. The highest BCUT2D eigenvalue weighted by Gasteiger charge is 2.42. The minimum Gasteiger partial charge on any atom is -0.352 e. The summed E-state index contributed by atoms with van der Waals surface area (Å²) in [4.78, 5) is 26.2. The van der Waals surface area contributed by atoms with Crippen LogP contribution in [0.25, 0.3) is 0 Å². The topological polar surface area (TPSA) is 82.0 Å². The van der Waals surface area contributed by atoms with E-state index in [1.54, 1.807) is 12.1 Å². The maximum absolute atomic E-state index is 13.3. The smallest absolute Gasteiger partial charge is 0.234 e. The predicted octanol–water partition coefficient (Wildman–Crippen LogP) is 6.65. The molecular weight excluding hydrogens is 490 g/mol. The number of carbonyl (C=O) groups excluding carboxylic acids is 2. The molecule has 4 rings (SSSR count). The number of hydrogen-bond acceptors (Lipinski definition) is 5. The third-order valence-corrected chi connectivity index (χ3v) is 7.95. The molecule has 2 aromatic rings. The van der Waals surface area contributed by atoms with E-state index >= 15 is 0 Å². The van der Waals surface area contributed by atoms with Crippen molar-refractivity contribution >= 4 is 40.7 Å². The molecule has 1 aliphatic carbocycles. The molecule has 1 heterocycles. The lowest BCUT2D eigenvalue weighted by atomic mass is 9.69. The number of Topliss-reactive ketones (excluding diaryl/α,β-unsaturated/α-hetero) is 1. The van der Waals surface area contributed by atoms with Crippen molar-refractivity contribution < 1.29 is 9.59 Å². The average Bonchev–Trinajstić information content (AvgIpc) is 2.82. The minimum absolute atomic E-state index is 0.0508. The molecule has 2 N–H and O–H groups in total. The van der Waals surface area contributed by atoms with Crippen LogP contribution in [0.1, 0.15) is 56.2 Å². The fourth-order valence-corrected chi connectivity index (χ4v) is 5.98. The number of thioether (sulfide) groups is 1. The van der Waals surface area contributed by atoms with Crippen LogP contribution < -0.4 is 10.6 Å². The minimum atomic E-state index is -0.485. The maximum Gasteiger partial charge on any atom is 0.234 e. The normalized spacial score (nSPS) is 18.9. The average molecular weight is 520 g/mol. The molecular formula is C29H30ClN3O2S. The van der Waals surface area contributed by atoms with Gasteiger partial charge in [0.15, 0.2) is 5.78 Å². The molecule has 1 atom stereocenters. The molecule has 1 aliphatic heterocycles. The molecule has 7 heteroatoms. The number of hydrogen-bond donors (Lipinski definition) is 2. The van der Waals surface area contributed by atoms with Gasteiger partial charge in [-0.25, -0.2) is 0 Å². The van der Waals surface area contributed by atoms with Crippen molar-refractivity contribution in [2.24, 2.45) is 5.41 Å². The Bertz CT molecular complexity index is 1320. The van der Waals surface area contributed by atoms with E-state index in [1.807, 2.05) is 37.3 Å². The van der Waals surface area contributed by atoms with Crippen molar-refractivity contribution in [2.45, 2.75) is 52.9 Å². The Labute approximate surface area is 222 Å². The van der Waals surface area contributed by atoms with Crippen LogP contribution in [0.3, 0.4) is 0 Å². The molecule has 0 saturated heterocycles. The van der Waals surface area contributed by atoms with Crippen LogP contribution >= 0.6 is 23.4 Å². The molecule has 0 saturated carbocycles. The molecule has 2 aromatic carbocycles. The fourth-order valence-electron chi connectivity index (χ4n) is 4.99. The van der Waals surface area contributed by atoms with E-state index in [1.165, 1.54) is 11.8 Å². The molecule has 5 nitrogen and oxygen atoms in total. The number of nitrogens with one attached hydrogen (secondary N) is 2. The number of nitrogens with zero attached hydrogens (tertiary/aromatic N) is 1. The van der Waals surface area contributed by atoms with Gasteiger partial charge in [0, 0.05) is 28.4 Å². The van der Waals surface area contributed by atoms with Crippen LogP contribution in [-0.2, 0) is 16.0 Å². The highest BCUT2D eigenvalue weighted by atomic mass is 35.5. The standard InChI is InChI=1S/C29H30ClN3O2S/c1-5-18-8-6-7-17(2)27(18)33-24(35)16-36-28-21(15-31)25(19-9-11-20(30)12-10-19)26-22(32-28)13-29(3,4)14-23(26)34/h6-12,25,32H,5,13-14,16H2,1-4H3,(H,33,35). The Morgan fingerprint density at radius 3 is 2.61 bits per heavy atom. The van der Waals surface area contributed by atoms with Crippen molar-refractivity contribution in [2.75, 3.05) is 11.1 Å². The van der Waals surface area contributed by atoms with Crippen molar-refractivity contribution in [3.8, 4) is 6.07 Å². The van der Waals surface area contributed by atoms with E-state index < -0.39 is 5.92 Å². The second kappa shape index (κ2) is 10.5. The highest BCUT2D eigenvalue weighted by molar-refractivity contribution is 8.03. The number of dihydropyridines is 1. The largest absolute Gasteiger partial charge is 0.352 e. The Balaban J connectivity index is 1.65. The predicted molar refractivity (Wildman–Crippen MR) is 147 cm³/mol. The van der Waals surface area contributed by atoms with Crippen LogP contribution in [0.4, 0.5) is 5.69 Å². The Morgan fingerprint density at radius 2 is 1.94 bits per heavy atom. The summed E-state index contributed by atoms with van der Waals surface area (Å²) >= 11 is 7.42. The Hall–Kier alpha value is -3.01. The molecule has 0 radical (unpaired) electrons. The molecule has 0 bridgehead atoms. The lowest BCUT2D eigenvalue weighted by molar-refractivity contribution is -0.118. The summed E-state index contributed by atoms with van der Waals surface area (Å²) in [5, 5.41) is 17.9. The third kappa shape index (κ3) is 5.38. The number of rotatable bonds is 6. The van der Waals surface area contributed by atoms with Crippen molar-refractivity contribution in [1.82, 2.24) is 5.32 Å². The van der Waals surface area contributed by atoms with E-state index in [0.717, 1.165) is 34.5 Å². The molecule has 0 spiro atoms. The summed E-state index contributed by atoms with van der Waals surface area (Å²) < 4.78 is 0. The zero-order chi connectivity index (χ0) is 26.0. The first kappa shape index (κ1) is 26.1. The third-order valence-electron chi connectivity index (χ3n) is 6.68.